The predicted octanol–water partition coefficient (Wildman–Crippen LogP) is 2.91. The summed E-state index contributed by atoms with van der Waals surface area (Å²) >= 11 is 0. The summed E-state index contributed by atoms with van der Waals surface area (Å²) in [5.74, 6) is 0. The number of rotatable bonds is 2. The quantitative estimate of drug-likeness (QED) is 0.837. The Morgan fingerprint density at radius 3 is 2.75 bits per heavy atom. The maximum Gasteiger partial charge on any atom is 0.0707 e. The molecule has 2 atom stereocenters. The number of pyridine rings is 1. The lowest BCUT2D eigenvalue weighted by Gasteiger charge is -2.32. The third-order valence-corrected chi connectivity index (χ3v) is 4.42. The Kier molecular flexibility index (Phi) is 2.97. The molecule has 0 radical (unpaired) electrons. The highest BCUT2D eigenvalue weighted by Crippen LogP contribution is 2.27. The maximum absolute atomic E-state index is 5.90. The first-order valence-electron chi connectivity index (χ1n) is 7.50. The normalized spacial score (nSPS) is 26.2. The fourth-order valence-electron chi connectivity index (χ4n) is 3.46. The number of nitrogens with zero attached hydrogens (tertiary/aromatic N) is 2. The van der Waals surface area contributed by atoms with Crippen LogP contribution >= 0.6 is 0 Å². The highest BCUT2D eigenvalue weighted by Gasteiger charge is 2.33. The molecule has 2 fully saturated rings. The predicted molar refractivity (Wildman–Crippen MR) is 79.7 cm³/mol. The first kappa shape index (κ1) is 12.3. The number of hydrogen-bond donors (Lipinski definition) is 0. The third-order valence-electron chi connectivity index (χ3n) is 4.42. The van der Waals surface area contributed by atoms with E-state index in [1.165, 1.54) is 23.8 Å². The van der Waals surface area contributed by atoms with Crippen LogP contribution in [0.4, 0.5) is 0 Å². The van der Waals surface area contributed by atoms with Crippen molar-refractivity contribution in [2.75, 3.05) is 13.1 Å². The number of likely N-dealkylation sites (tertiary alicyclic amines) is 1. The molecule has 0 spiro atoms. The van der Waals surface area contributed by atoms with E-state index in [0.29, 0.717) is 12.2 Å². The lowest BCUT2D eigenvalue weighted by atomic mass is 10.1. The minimum absolute atomic E-state index is 0.471. The van der Waals surface area contributed by atoms with E-state index in [4.69, 9.17) is 4.74 Å². The van der Waals surface area contributed by atoms with E-state index in [9.17, 15) is 0 Å². The molecule has 1 aromatic heterocycles. The summed E-state index contributed by atoms with van der Waals surface area (Å²) in [4.78, 5) is 7.10. The van der Waals surface area contributed by atoms with Crippen LogP contribution in [-0.2, 0) is 11.3 Å². The van der Waals surface area contributed by atoms with Gasteiger partial charge in [0.2, 0.25) is 0 Å². The molecule has 0 saturated carbocycles. The van der Waals surface area contributed by atoms with Crippen molar-refractivity contribution >= 4 is 10.9 Å². The fourth-order valence-corrected chi connectivity index (χ4v) is 3.46. The molecule has 0 N–H and O–H groups in total. The molecule has 2 aliphatic rings. The van der Waals surface area contributed by atoms with Crippen LogP contribution in [0.3, 0.4) is 0 Å². The summed E-state index contributed by atoms with van der Waals surface area (Å²) in [6.07, 6.45) is 3.42. The minimum Gasteiger partial charge on any atom is -0.372 e. The standard InChI is InChI=1S/C17H20N2O/c1-12-2-4-14-8-13(3-7-17(14)18-12)9-19-10-15-5-6-16(11-19)20-15/h2-4,7-8,15-16H,5-6,9-11H2,1H3/t15-,16+. The molecule has 3 heteroatoms. The summed E-state index contributed by atoms with van der Waals surface area (Å²) in [6.45, 7) is 5.23. The Labute approximate surface area is 119 Å². The SMILES string of the molecule is Cc1ccc2cc(CN3C[C@H]4CC[C@@H](C3)O4)ccc2n1. The average Bonchev–Trinajstić information content (AvgIpc) is 2.78. The summed E-state index contributed by atoms with van der Waals surface area (Å²) in [5, 5.41) is 1.24. The van der Waals surface area contributed by atoms with E-state index in [2.05, 4.69) is 40.2 Å². The van der Waals surface area contributed by atoms with E-state index in [0.717, 1.165) is 30.8 Å². The summed E-state index contributed by atoms with van der Waals surface area (Å²) in [7, 11) is 0. The van der Waals surface area contributed by atoms with Crippen molar-refractivity contribution in [3.8, 4) is 0 Å². The van der Waals surface area contributed by atoms with E-state index < -0.39 is 0 Å². The second kappa shape index (κ2) is 4.83. The fraction of sp³-hybridized carbons (Fsp3) is 0.471. The van der Waals surface area contributed by atoms with E-state index >= 15 is 0 Å². The van der Waals surface area contributed by atoms with Crippen LogP contribution in [0.25, 0.3) is 10.9 Å². The van der Waals surface area contributed by atoms with E-state index in [-0.39, 0.29) is 0 Å². The molecular formula is C17H20N2O. The maximum atomic E-state index is 5.90. The highest BCUT2D eigenvalue weighted by atomic mass is 16.5. The van der Waals surface area contributed by atoms with Gasteiger partial charge in [-0.25, -0.2) is 0 Å². The lowest BCUT2D eigenvalue weighted by Crippen LogP contribution is -2.41. The van der Waals surface area contributed by atoms with Gasteiger partial charge in [-0.1, -0.05) is 12.1 Å². The average molecular weight is 268 g/mol. The van der Waals surface area contributed by atoms with Crippen LogP contribution in [0.2, 0.25) is 0 Å². The van der Waals surface area contributed by atoms with Gasteiger partial charge in [0.25, 0.3) is 0 Å². The number of morpholine rings is 1. The van der Waals surface area contributed by atoms with Crippen LogP contribution in [0.5, 0.6) is 0 Å². The van der Waals surface area contributed by atoms with Gasteiger partial charge in [-0.05, 0) is 43.5 Å². The van der Waals surface area contributed by atoms with Gasteiger partial charge in [-0.15, -0.1) is 0 Å². The molecule has 2 saturated heterocycles. The van der Waals surface area contributed by atoms with Crippen LogP contribution in [-0.4, -0.2) is 35.2 Å². The van der Waals surface area contributed by atoms with E-state index in [1.807, 2.05) is 6.92 Å². The van der Waals surface area contributed by atoms with Gasteiger partial charge in [0, 0.05) is 30.7 Å². The zero-order chi connectivity index (χ0) is 13.5. The lowest BCUT2D eigenvalue weighted by molar-refractivity contribution is -0.0410. The molecular weight excluding hydrogens is 248 g/mol. The molecule has 1 aromatic carbocycles. The summed E-state index contributed by atoms with van der Waals surface area (Å²) in [6, 6.07) is 10.9. The Balaban J connectivity index is 1.55. The zero-order valence-corrected chi connectivity index (χ0v) is 11.9. The largest absolute Gasteiger partial charge is 0.372 e. The second-order valence-corrected chi connectivity index (χ2v) is 6.13. The van der Waals surface area contributed by atoms with Gasteiger partial charge >= 0.3 is 0 Å². The molecule has 3 nitrogen and oxygen atoms in total. The zero-order valence-electron chi connectivity index (χ0n) is 11.9. The molecule has 0 aliphatic carbocycles. The Bertz CT molecular complexity index is 628. The molecule has 0 unspecified atom stereocenters. The molecule has 2 aromatic rings. The Morgan fingerprint density at radius 2 is 1.95 bits per heavy atom. The van der Waals surface area contributed by atoms with Crippen LogP contribution < -0.4 is 0 Å². The van der Waals surface area contributed by atoms with Crippen molar-refractivity contribution in [2.45, 2.75) is 38.5 Å². The van der Waals surface area contributed by atoms with Crippen molar-refractivity contribution in [3.63, 3.8) is 0 Å². The molecule has 2 bridgehead atoms. The monoisotopic (exact) mass is 268 g/mol. The molecule has 2 aliphatic heterocycles. The van der Waals surface area contributed by atoms with Crippen LogP contribution in [0, 0.1) is 6.92 Å². The smallest absolute Gasteiger partial charge is 0.0707 e. The van der Waals surface area contributed by atoms with Crippen molar-refractivity contribution in [1.29, 1.82) is 0 Å². The van der Waals surface area contributed by atoms with Crippen LogP contribution in [0.1, 0.15) is 24.1 Å². The van der Waals surface area contributed by atoms with Crippen molar-refractivity contribution in [2.24, 2.45) is 0 Å². The number of aromatic nitrogens is 1. The topological polar surface area (TPSA) is 25.4 Å². The summed E-state index contributed by atoms with van der Waals surface area (Å²) in [5.41, 5.74) is 3.55. The second-order valence-electron chi connectivity index (χ2n) is 6.13. The number of ether oxygens (including phenoxy) is 1. The number of benzene rings is 1. The van der Waals surface area contributed by atoms with Crippen molar-refractivity contribution in [3.05, 3.63) is 41.6 Å². The van der Waals surface area contributed by atoms with Gasteiger partial charge in [-0.2, -0.15) is 0 Å². The number of hydrogen-bond acceptors (Lipinski definition) is 3. The first-order chi connectivity index (χ1) is 9.76. The molecule has 104 valence electrons. The first-order valence-corrected chi connectivity index (χ1v) is 7.50. The highest BCUT2D eigenvalue weighted by molar-refractivity contribution is 5.79. The molecule has 0 amide bonds. The minimum atomic E-state index is 0.471. The summed E-state index contributed by atoms with van der Waals surface area (Å²) < 4.78 is 5.90. The van der Waals surface area contributed by atoms with Crippen molar-refractivity contribution in [1.82, 2.24) is 9.88 Å². The van der Waals surface area contributed by atoms with Crippen LogP contribution in [0.15, 0.2) is 30.3 Å². The molecule has 20 heavy (non-hydrogen) atoms. The third kappa shape index (κ3) is 2.32. The van der Waals surface area contributed by atoms with Gasteiger partial charge in [0.05, 0.1) is 17.7 Å². The molecule has 3 heterocycles. The van der Waals surface area contributed by atoms with Gasteiger partial charge in [0.1, 0.15) is 0 Å². The molecule has 4 rings (SSSR count). The Morgan fingerprint density at radius 1 is 1.15 bits per heavy atom. The van der Waals surface area contributed by atoms with Gasteiger partial charge in [0.15, 0.2) is 0 Å². The van der Waals surface area contributed by atoms with Gasteiger partial charge in [-0.3, -0.25) is 9.88 Å². The van der Waals surface area contributed by atoms with Gasteiger partial charge < -0.3 is 4.74 Å². The number of fused-ring (bicyclic) bond motifs is 3. The van der Waals surface area contributed by atoms with Crippen molar-refractivity contribution < 1.29 is 4.74 Å². The number of aryl methyl sites for hydroxylation is 1. The Hall–Kier alpha value is -1.45. The van der Waals surface area contributed by atoms with E-state index in [1.54, 1.807) is 0 Å².